The Balaban J connectivity index is 2.10. The normalized spacial score (nSPS) is 10.0. The van der Waals surface area contributed by atoms with E-state index in [9.17, 15) is 9.18 Å². The second kappa shape index (κ2) is 5.92. The van der Waals surface area contributed by atoms with Gasteiger partial charge in [-0.2, -0.15) is 0 Å². The summed E-state index contributed by atoms with van der Waals surface area (Å²) in [6.07, 6.45) is 3.27. The molecule has 1 heterocycles. The first-order valence-corrected chi connectivity index (χ1v) is 5.64. The SMILES string of the molecule is NNc1c(F)cccc1C(=O)NCc1ccncc1. The third-order valence-corrected chi connectivity index (χ3v) is 2.60. The molecule has 0 atom stereocenters. The van der Waals surface area contributed by atoms with Crippen molar-refractivity contribution in [3.8, 4) is 0 Å². The van der Waals surface area contributed by atoms with E-state index in [-0.39, 0.29) is 11.3 Å². The lowest BCUT2D eigenvalue weighted by Crippen LogP contribution is -2.25. The van der Waals surface area contributed by atoms with Crippen LogP contribution in [0.3, 0.4) is 0 Å². The van der Waals surface area contributed by atoms with Crippen LogP contribution in [0.2, 0.25) is 0 Å². The van der Waals surface area contributed by atoms with Gasteiger partial charge in [-0.3, -0.25) is 15.6 Å². The highest BCUT2D eigenvalue weighted by molar-refractivity contribution is 5.99. The van der Waals surface area contributed by atoms with Gasteiger partial charge < -0.3 is 10.7 Å². The summed E-state index contributed by atoms with van der Waals surface area (Å²) in [6.45, 7) is 0.335. The van der Waals surface area contributed by atoms with Crippen molar-refractivity contribution in [1.82, 2.24) is 10.3 Å². The summed E-state index contributed by atoms with van der Waals surface area (Å²) in [5, 5.41) is 2.69. The number of nitrogens with two attached hydrogens (primary N) is 1. The number of aromatic nitrogens is 1. The Bertz CT molecular complexity index is 574. The van der Waals surface area contributed by atoms with E-state index >= 15 is 0 Å². The number of hydrogen-bond donors (Lipinski definition) is 3. The molecule has 0 spiro atoms. The summed E-state index contributed by atoms with van der Waals surface area (Å²) in [5.41, 5.74) is 3.25. The number of nitrogens with zero attached hydrogens (tertiary/aromatic N) is 1. The molecule has 6 heteroatoms. The smallest absolute Gasteiger partial charge is 0.253 e. The molecule has 0 radical (unpaired) electrons. The van der Waals surface area contributed by atoms with Gasteiger partial charge in [-0.05, 0) is 29.8 Å². The van der Waals surface area contributed by atoms with Gasteiger partial charge in [-0.15, -0.1) is 0 Å². The number of benzene rings is 1. The summed E-state index contributed by atoms with van der Waals surface area (Å²) >= 11 is 0. The molecule has 0 saturated carbocycles. The lowest BCUT2D eigenvalue weighted by atomic mass is 10.1. The maximum atomic E-state index is 13.4. The summed E-state index contributed by atoms with van der Waals surface area (Å²) in [6, 6.07) is 7.76. The minimum atomic E-state index is -0.570. The number of para-hydroxylation sites is 1. The van der Waals surface area contributed by atoms with Crippen molar-refractivity contribution >= 4 is 11.6 Å². The number of pyridine rings is 1. The number of carbonyl (C=O) groups is 1. The minimum absolute atomic E-state index is 0.0188. The van der Waals surface area contributed by atoms with Gasteiger partial charge >= 0.3 is 0 Å². The standard InChI is InChI=1S/C13H13FN4O/c14-11-3-1-2-10(12(11)18-15)13(19)17-8-9-4-6-16-7-5-9/h1-7,18H,8,15H2,(H,17,19). The molecule has 5 nitrogen and oxygen atoms in total. The molecule has 0 saturated heterocycles. The highest BCUT2D eigenvalue weighted by atomic mass is 19.1. The summed E-state index contributed by atoms with van der Waals surface area (Å²) in [7, 11) is 0. The summed E-state index contributed by atoms with van der Waals surface area (Å²) in [4.78, 5) is 15.8. The number of carbonyl (C=O) groups excluding carboxylic acids is 1. The molecule has 19 heavy (non-hydrogen) atoms. The van der Waals surface area contributed by atoms with E-state index in [4.69, 9.17) is 5.84 Å². The van der Waals surface area contributed by atoms with Crippen LogP contribution in [0.1, 0.15) is 15.9 Å². The average Bonchev–Trinajstić information content (AvgIpc) is 2.45. The Morgan fingerprint density at radius 3 is 2.68 bits per heavy atom. The molecule has 1 aromatic heterocycles. The number of nitrogens with one attached hydrogen (secondary N) is 2. The zero-order chi connectivity index (χ0) is 13.7. The molecular formula is C13H13FN4O. The molecule has 0 bridgehead atoms. The Hall–Kier alpha value is -2.47. The number of anilines is 1. The van der Waals surface area contributed by atoms with Gasteiger partial charge in [-0.25, -0.2) is 4.39 Å². The van der Waals surface area contributed by atoms with E-state index in [1.165, 1.54) is 18.2 Å². The molecule has 0 unspecified atom stereocenters. The lowest BCUT2D eigenvalue weighted by Gasteiger charge is -2.10. The second-order valence-electron chi connectivity index (χ2n) is 3.84. The largest absolute Gasteiger partial charge is 0.348 e. The van der Waals surface area contributed by atoms with Gasteiger partial charge in [0.05, 0.1) is 11.3 Å². The fourth-order valence-corrected chi connectivity index (χ4v) is 1.64. The molecule has 0 aliphatic heterocycles. The maximum Gasteiger partial charge on any atom is 0.253 e. The van der Waals surface area contributed by atoms with Crippen LogP contribution in [0, 0.1) is 5.82 Å². The van der Waals surface area contributed by atoms with Crippen molar-refractivity contribution in [2.24, 2.45) is 5.84 Å². The zero-order valence-electron chi connectivity index (χ0n) is 10.1. The van der Waals surface area contributed by atoms with Crippen molar-refractivity contribution in [3.63, 3.8) is 0 Å². The lowest BCUT2D eigenvalue weighted by molar-refractivity contribution is 0.0951. The van der Waals surface area contributed by atoms with Crippen LogP contribution in [-0.4, -0.2) is 10.9 Å². The maximum absolute atomic E-state index is 13.4. The quantitative estimate of drug-likeness (QED) is 0.574. The third kappa shape index (κ3) is 3.05. The Labute approximate surface area is 109 Å². The van der Waals surface area contributed by atoms with Crippen LogP contribution in [0.25, 0.3) is 0 Å². The summed E-state index contributed by atoms with van der Waals surface area (Å²) < 4.78 is 13.4. The molecule has 0 aliphatic carbocycles. The predicted molar refractivity (Wildman–Crippen MR) is 69.6 cm³/mol. The monoisotopic (exact) mass is 260 g/mol. The molecule has 2 rings (SSSR count). The fraction of sp³-hybridized carbons (Fsp3) is 0.0769. The highest BCUT2D eigenvalue weighted by Crippen LogP contribution is 2.18. The third-order valence-electron chi connectivity index (χ3n) is 2.60. The van der Waals surface area contributed by atoms with Gasteiger partial charge in [0.2, 0.25) is 0 Å². The zero-order valence-corrected chi connectivity index (χ0v) is 10.1. The van der Waals surface area contributed by atoms with Gasteiger partial charge in [0.15, 0.2) is 0 Å². The van der Waals surface area contributed by atoms with Crippen molar-refractivity contribution in [2.75, 3.05) is 5.43 Å². The van der Waals surface area contributed by atoms with E-state index in [1.807, 2.05) is 0 Å². The van der Waals surface area contributed by atoms with Gasteiger partial charge in [0.25, 0.3) is 5.91 Å². The molecule has 0 fully saturated rings. The molecule has 2 aromatic rings. The van der Waals surface area contributed by atoms with Crippen LogP contribution < -0.4 is 16.6 Å². The van der Waals surface area contributed by atoms with E-state index < -0.39 is 11.7 Å². The number of hydrazine groups is 1. The molecule has 1 aromatic carbocycles. The van der Waals surface area contributed by atoms with E-state index in [1.54, 1.807) is 24.5 Å². The average molecular weight is 260 g/mol. The Kier molecular flexibility index (Phi) is 4.04. The van der Waals surface area contributed by atoms with Crippen molar-refractivity contribution in [2.45, 2.75) is 6.54 Å². The number of halogens is 1. The second-order valence-corrected chi connectivity index (χ2v) is 3.84. The topological polar surface area (TPSA) is 80.0 Å². The number of rotatable bonds is 4. The Morgan fingerprint density at radius 1 is 1.26 bits per heavy atom. The minimum Gasteiger partial charge on any atom is -0.348 e. The highest BCUT2D eigenvalue weighted by Gasteiger charge is 2.13. The summed E-state index contributed by atoms with van der Waals surface area (Å²) in [5.74, 6) is 4.25. The molecule has 0 aliphatic rings. The van der Waals surface area contributed by atoms with E-state index in [2.05, 4.69) is 15.7 Å². The molecular weight excluding hydrogens is 247 g/mol. The predicted octanol–water partition coefficient (Wildman–Crippen LogP) is 1.44. The van der Waals surface area contributed by atoms with Gasteiger partial charge in [0.1, 0.15) is 5.82 Å². The molecule has 98 valence electrons. The first-order valence-electron chi connectivity index (χ1n) is 5.64. The van der Waals surface area contributed by atoms with Gasteiger partial charge in [-0.1, -0.05) is 6.07 Å². The molecule has 4 N–H and O–H groups in total. The van der Waals surface area contributed by atoms with Gasteiger partial charge in [0, 0.05) is 18.9 Å². The van der Waals surface area contributed by atoms with E-state index in [0.717, 1.165) is 5.56 Å². The van der Waals surface area contributed by atoms with Crippen LogP contribution in [-0.2, 0) is 6.54 Å². The number of nitrogen functional groups attached to an aromatic ring is 1. The number of amides is 1. The van der Waals surface area contributed by atoms with Crippen LogP contribution in [0.5, 0.6) is 0 Å². The van der Waals surface area contributed by atoms with Crippen molar-refractivity contribution in [3.05, 3.63) is 59.7 Å². The van der Waals surface area contributed by atoms with Crippen LogP contribution in [0.4, 0.5) is 10.1 Å². The fourth-order valence-electron chi connectivity index (χ4n) is 1.64. The van der Waals surface area contributed by atoms with E-state index in [0.29, 0.717) is 6.54 Å². The first-order chi connectivity index (χ1) is 9.22. The number of hydrogen-bond acceptors (Lipinski definition) is 4. The van der Waals surface area contributed by atoms with Crippen molar-refractivity contribution in [1.29, 1.82) is 0 Å². The van der Waals surface area contributed by atoms with Crippen LogP contribution in [0.15, 0.2) is 42.7 Å². The molecule has 1 amide bonds. The first kappa shape index (κ1) is 13.0. The van der Waals surface area contributed by atoms with Crippen LogP contribution >= 0.6 is 0 Å². The Morgan fingerprint density at radius 2 is 2.00 bits per heavy atom. The van der Waals surface area contributed by atoms with Crippen molar-refractivity contribution < 1.29 is 9.18 Å².